The first-order valence-corrected chi connectivity index (χ1v) is 10.0. The highest BCUT2D eigenvalue weighted by Crippen LogP contribution is 2.44. The van der Waals surface area contributed by atoms with Crippen LogP contribution in [0.25, 0.3) is 21.8 Å². The summed E-state index contributed by atoms with van der Waals surface area (Å²) in [5.74, 6) is -0.0918. The van der Waals surface area contributed by atoms with Crippen molar-refractivity contribution < 1.29 is 4.79 Å². The zero-order chi connectivity index (χ0) is 18.4. The zero-order valence-electron chi connectivity index (χ0n) is 15.0. The van der Waals surface area contributed by atoms with Crippen LogP contribution in [-0.2, 0) is 17.6 Å². The maximum atomic E-state index is 11.5. The van der Waals surface area contributed by atoms with E-state index < -0.39 is 0 Å². The molecule has 0 radical (unpaired) electrons. The summed E-state index contributed by atoms with van der Waals surface area (Å²) >= 11 is 1.55. The Kier molecular flexibility index (Phi) is 4.02. The molecule has 1 aliphatic carbocycles. The molecule has 1 fully saturated rings. The highest BCUT2D eigenvalue weighted by atomic mass is 32.1. The SMILES string of the molecule is CC(=O)Nc1nc2c(s1)-c1c(c(-c3cccnc3)nn1C1CCNC1)CC2. The van der Waals surface area contributed by atoms with Crippen LogP contribution in [0.4, 0.5) is 5.13 Å². The quantitative estimate of drug-likeness (QED) is 0.730. The second-order valence-corrected chi connectivity index (χ2v) is 7.98. The molecule has 138 valence electrons. The van der Waals surface area contributed by atoms with Gasteiger partial charge < -0.3 is 10.6 Å². The number of anilines is 1. The number of hydrogen-bond acceptors (Lipinski definition) is 6. The number of amides is 1. The molecule has 3 aromatic heterocycles. The Bertz CT molecular complexity index is 1000. The first-order valence-electron chi connectivity index (χ1n) is 9.21. The van der Waals surface area contributed by atoms with E-state index in [4.69, 9.17) is 5.10 Å². The van der Waals surface area contributed by atoms with Crippen molar-refractivity contribution in [3.8, 4) is 21.8 Å². The predicted molar refractivity (Wildman–Crippen MR) is 105 cm³/mol. The van der Waals surface area contributed by atoms with Crippen LogP contribution in [0.1, 0.15) is 30.6 Å². The van der Waals surface area contributed by atoms with Crippen molar-refractivity contribution in [2.45, 2.75) is 32.2 Å². The lowest BCUT2D eigenvalue weighted by Gasteiger charge is -2.17. The normalized spacial score (nSPS) is 18.2. The van der Waals surface area contributed by atoms with Crippen LogP contribution in [0.2, 0.25) is 0 Å². The fourth-order valence-electron chi connectivity index (χ4n) is 3.95. The van der Waals surface area contributed by atoms with Crippen molar-refractivity contribution in [1.29, 1.82) is 0 Å². The minimum Gasteiger partial charge on any atom is -0.315 e. The smallest absolute Gasteiger partial charge is 0.223 e. The Hall–Kier alpha value is -2.58. The molecular formula is C19H20N6OS. The lowest BCUT2D eigenvalue weighted by Crippen LogP contribution is -2.16. The molecule has 0 aromatic carbocycles. The molecule has 3 aromatic rings. The lowest BCUT2D eigenvalue weighted by atomic mass is 9.95. The number of carbonyl (C=O) groups excluding carboxylic acids is 1. The van der Waals surface area contributed by atoms with Crippen LogP contribution in [0.5, 0.6) is 0 Å². The molecular weight excluding hydrogens is 360 g/mol. The van der Waals surface area contributed by atoms with E-state index in [0.717, 1.165) is 59.9 Å². The Labute approximate surface area is 160 Å². The van der Waals surface area contributed by atoms with Gasteiger partial charge in [-0.15, -0.1) is 0 Å². The van der Waals surface area contributed by atoms with Gasteiger partial charge in [0.05, 0.1) is 28.0 Å². The van der Waals surface area contributed by atoms with Gasteiger partial charge in [0.2, 0.25) is 5.91 Å². The fraction of sp³-hybridized carbons (Fsp3) is 0.368. The summed E-state index contributed by atoms with van der Waals surface area (Å²) in [6.45, 7) is 3.45. The first-order chi connectivity index (χ1) is 13.2. The summed E-state index contributed by atoms with van der Waals surface area (Å²) < 4.78 is 2.19. The second kappa shape index (κ2) is 6.54. The highest BCUT2D eigenvalue weighted by molar-refractivity contribution is 7.19. The molecule has 0 saturated carbocycles. The van der Waals surface area contributed by atoms with Crippen molar-refractivity contribution >= 4 is 22.4 Å². The van der Waals surface area contributed by atoms with Crippen LogP contribution in [0, 0.1) is 0 Å². The third-order valence-corrected chi connectivity index (χ3v) is 6.15. The molecule has 1 unspecified atom stereocenters. The Balaban J connectivity index is 1.68. The molecule has 1 amide bonds. The molecule has 0 spiro atoms. The standard InChI is InChI=1S/C19H20N6OS/c1-11(26)22-19-23-15-5-4-14-16(12-3-2-7-20-9-12)24-25(13-6-8-21-10-13)17(14)18(15)27-19/h2-3,7,9,13,21H,4-6,8,10H2,1H3,(H,22,23,26). The number of aryl methyl sites for hydroxylation is 1. The van der Waals surface area contributed by atoms with Gasteiger partial charge in [-0.3, -0.25) is 14.5 Å². The van der Waals surface area contributed by atoms with Crippen molar-refractivity contribution in [2.75, 3.05) is 18.4 Å². The van der Waals surface area contributed by atoms with Crippen molar-refractivity contribution in [3.63, 3.8) is 0 Å². The molecule has 1 saturated heterocycles. The molecule has 7 nitrogen and oxygen atoms in total. The number of nitrogens with zero attached hydrogens (tertiary/aromatic N) is 4. The number of carbonyl (C=O) groups is 1. The summed E-state index contributed by atoms with van der Waals surface area (Å²) in [7, 11) is 0. The molecule has 27 heavy (non-hydrogen) atoms. The maximum Gasteiger partial charge on any atom is 0.223 e. The number of pyridine rings is 1. The number of hydrogen-bond donors (Lipinski definition) is 2. The van der Waals surface area contributed by atoms with Gasteiger partial charge in [0.15, 0.2) is 5.13 Å². The van der Waals surface area contributed by atoms with Crippen LogP contribution in [-0.4, -0.2) is 38.7 Å². The molecule has 8 heteroatoms. The zero-order valence-corrected chi connectivity index (χ0v) is 15.8. The van der Waals surface area contributed by atoms with Gasteiger partial charge in [0.1, 0.15) is 0 Å². The van der Waals surface area contributed by atoms with E-state index in [-0.39, 0.29) is 5.91 Å². The van der Waals surface area contributed by atoms with Crippen LogP contribution in [0.3, 0.4) is 0 Å². The average Bonchev–Trinajstić information content (AvgIpc) is 3.38. The lowest BCUT2D eigenvalue weighted by molar-refractivity contribution is -0.114. The molecule has 0 bridgehead atoms. The summed E-state index contributed by atoms with van der Waals surface area (Å²) in [4.78, 5) is 21.5. The minimum atomic E-state index is -0.0918. The Morgan fingerprint density at radius 2 is 2.33 bits per heavy atom. The van der Waals surface area contributed by atoms with E-state index in [0.29, 0.717) is 11.2 Å². The summed E-state index contributed by atoms with van der Waals surface area (Å²) in [6.07, 6.45) is 6.49. The summed E-state index contributed by atoms with van der Waals surface area (Å²) in [5.41, 5.74) is 5.55. The largest absolute Gasteiger partial charge is 0.315 e. The number of nitrogens with one attached hydrogen (secondary N) is 2. The van der Waals surface area contributed by atoms with Gasteiger partial charge in [-0.1, -0.05) is 11.3 Å². The Morgan fingerprint density at radius 1 is 1.41 bits per heavy atom. The monoisotopic (exact) mass is 380 g/mol. The van der Waals surface area contributed by atoms with Crippen LogP contribution in [0.15, 0.2) is 24.5 Å². The van der Waals surface area contributed by atoms with Crippen molar-refractivity contribution in [1.82, 2.24) is 25.1 Å². The van der Waals surface area contributed by atoms with E-state index in [1.165, 1.54) is 12.5 Å². The van der Waals surface area contributed by atoms with Gasteiger partial charge >= 0.3 is 0 Å². The van der Waals surface area contributed by atoms with E-state index in [1.807, 2.05) is 12.3 Å². The molecule has 5 rings (SSSR count). The van der Waals surface area contributed by atoms with E-state index in [2.05, 4.69) is 31.3 Å². The summed E-state index contributed by atoms with van der Waals surface area (Å²) in [6, 6.07) is 4.35. The van der Waals surface area contributed by atoms with Crippen LogP contribution >= 0.6 is 11.3 Å². The average molecular weight is 380 g/mol. The predicted octanol–water partition coefficient (Wildman–Crippen LogP) is 2.66. The van der Waals surface area contributed by atoms with Crippen LogP contribution < -0.4 is 10.6 Å². The second-order valence-electron chi connectivity index (χ2n) is 6.98. The van der Waals surface area contributed by atoms with Gasteiger partial charge in [0.25, 0.3) is 0 Å². The third-order valence-electron chi connectivity index (χ3n) is 5.13. The van der Waals surface area contributed by atoms with E-state index in [9.17, 15) is 4.79 Å². The highest BCUT2D eigenvalue weighted by Gasteiger charge is 2.32. The van der Waals surface area contributed by atoms with E-state index in [1.54, 1.807) is 17.5 Å². The molecule has 4 heterocycles. The molecule has 1 atom stereocenters. The molecule has 2 N–H and O–H groups in total. The van der Waals surface area contributed by atoms with Gasteiger partial charge in [-0.25, -0.2) is 4.98 Å². The minimum absolute atomic E-state index is 0.0918. The number of fused-ring (bicyclic) bond motifs is 3. The number of aromatic nitrogens is 4. The number of thiazole rings is 1. The van der Waals surface area contributed by atoms with Gasteiger partial charge in [-0.05, 0) is 37.9 Å². The van der Waals surface area contributed by atoms with E-state index >= 15 is 0 Å². The maximum absolute atomic E-state index is 11.5. The third kappa shape index (κ3) is 2.85. The number of rotatable bonds is 3. The van der Waals surface area contributed by atoms with Gasteiger partial charge in [-0.2, -0.15) is 5.10 Å². The Morgan fingerprint density at radius 3 is 3.07 bits per heavy atom. The van der Waals surface area contributed by atoms with Crippen molar-refractivity contribution in [2.24, 2.45) is 0 Å². The van der Waals surface area contributed by atoms with Gasteiger partial charge in [0, 0.05) is 37.0 Å². The topological polar surface area (TPSA) is 84.7 Å². The summed E-state index contributed by atoms with van der Waals surface area (Å²) in [5, 5.41) is 12.0. The fourth-order valence-corrected chi connectivity index (χ4v) is 5.07. The first kappa shape index (κ1) is 16.6. The molecule has 2 aliphatic rings. The van der Waals surface area contributed by atoms with Crippen molar-refractivity contribution in [3.05, 3.63) is 35.8 Å². The molecule has 1 aliphatic heterocycles.